The van der Waals surface area contributed by atoms with E-state index in [1.807, 2.05) is 30.0 Å². The maximum atomic E-state index is 13.0. The van der Waals surface area contributed by atoms with E-state index in [2.05, 4.69) is 27.8 Å². The predicted molar refractivity (Wildman–Crippen MR) is 128 cm³/mol. The zero-order chi connectivity index (χ0) is 23.4. The third-order valence-electron chi connectivity index (χ3n) is 6.05. The molecule has 1 aliphatic heterocycles. The van der Waals surface area contributed by atoms with E-state index in [0.29, 0.717) is 16.9 Å². The van der Waals surface area contributed by atoms with E-state index in [9.17, 15) is 9.90 Å². The molecule has 7 nitrogen and oxygen atoms in total. The summed E-state index contributed by atoms with van der Waals surface area (Å²) in [6.45, 7) is 8.59. The molecule has 0 aliphatic carbocycles. The van der Waals surface area contributed by atoms with E-state index in [0.717, 1.165) is 62.3 Å². The Hall–Kier alpha value is -3.63. The summed E-state index contributed by atoms with van der Waals surface area (Å²) in [6.07, 6.45) is 10.7. The molecule has 1 aromatic carbocycles. The van der Waals surface area contributed by atoms with Gasteiger partial charge in [0.25, 0.3) is 5.91 Å². The van der Waals surface area contributed by atoms with Crippen LogP contribution in [0.2, 0.25) is 0 Å². The van der Waals surface area contributed by atoms with Gasteiger partial charge in [-0.25, -0.2) is 4.98 Å². The van der Waals surface area contributed by atoms with E-state index in [4.69, 9.17) is 6.42 Å². The summed E-state index contributed by atoms with van der Waals surface area (Å²) in [5.41, 5.74) is 3.72. The van der Waals surface area contributed by atoms with Crippen LogP contribution >= 0.6 is 0 Å². The number of hydrogen-bond donors (Lipinski definition) is 1. The van der Waals surface area contributed by atoms with E-state index in [-0.39, 0.29) is 11.8 Å². The van der Waals surface area contributed by atoms with Crippen molar-refractivity contribution in [2.24, 2.45) is 0 Å². The lowest BCUT2D eigenvalue weighted by Gasteiger charge is -2.21. The van der Waals surface area contributed by atoms with Crippen LogP contribution in [-0.2, 0) is 0 Å². The van der Waals surface area contributed by atoms with Gasteiger partial charge in [0.2, 0.25) is 5.88 Å². The molecule has 7 heteroatoms. The van der Waals surface area contributed by atoms with Crippen LogP contribution in [-0.4, -0.2) is 68.3 Å². The third kappa shape index (κ3) is 4.76. The van der Waals surface area contributed by atoms with Gasteiger partial charge in [-0.3, -0.25) is 4.79 Å². The number of carbonyl (C=O) groups is 1. The van der Waals surface area contributed by atoms with Crippen LogP contribution in [0.1, 0.15) is 41.3 Å². The first-order valence-electron chi connectivity index (χ1n) is 11.3. The number of amides is 1. The Balaban J connectivity index is 1.51. The van der Waals surface area contributed by atoms with Gasteiger partial charge >= 0.3 is 0 Å². The molecule has 3 aromatic rings. The summed E-state index contributed by atoms with van der Waals surface area (Å²) < 4.78 is 1.37. The number of aromatic nitrogens is 3. The molecule has 170 valence electrons. The van der Waals surface area contributed by atoms with Crippen LogP contribution in [0.3, 0.4) is 0 Å². The zero-order valence-electron chi connectivity index (χ0n) is 19.2. The Labute approximate surface area is 194 Å². The molecule has 1 saturated heterocycles. The van der Waals surface area contributed by atoms with Crippen molar-refractivity contribution in [1.82, 2.24) is 24.6 Å². The van der Waals surface area contributed by atoms with Crippen molar-refractivity contribution in [1.29, 1.82) is 0 Å². The highest BCUT2D eigenvalue weighted by molar-refractivity contribution is 5.94. The normalized spacial score (nSPS) is 14.6. The lowest BCUT2D eigenvalue weighted by Crippen LogP contribution is -2.35. The van der Waals surface area contributed by atoms with Gasteiger partial charge in [-0.1, -0.05) is 18.9 Å². The second-order valence-corrected chi connectivity index (χ2v) is 8.36. The van der Waals surface area contributed by atoms with Gasteiger partial charge in [-0.2, -0.15) is 9.78 Å². The van der Waals surface area contributed by atoms with Crippen LogP contribution in [0, 0.1) is 19.3 Å². The molecule has 0 atom stereocenters. The Morgan fingerprint density at radius 1 is 1.12 bits per heavy atom. The van der Waals surface area contributed by atoms with Gasteiger partial charge in [-0.15, -0.1) is 6.42 Å². The Bertz CT molecular complexity index is 1180. The van der Waals surface area contributed by atoms with Gasteiger partial charge in [-0.05, 0) is 68.2 Å². The molecule has 4 rings (SSSR count). The average Bonchev–Trinajstić information content (AvgIpc) is 3.05. The minimum atomic E-state index is -0.0123. The minimum Gasteiger partial charge on any atom is -0.493 e. The van der Waals surface area contributed by atoms with Crippen molar-refractivity contribution >= 4 is 5.91 Å². The van der Waals surface area contributed by atoms with Crippen LogP contribution < -0.4 is 0 Å². The number of nitrogens with zero attached hydrogens (tertiary/aromatic N) is 5. The van der Waals surface area contributed by atoms with Crippen molar-refractivity contribution in [2.45, 2.75) is 26.7 Å². The van der Waals surface area contributed by atoms with Gasteiger partial charge < -0.3 is 14.9 Å². The molecular formula is C26H29N5O2. The molecule has 0 radical (unpaired) electrons. The van der Waals surface area contributed by atoms with Gasteiger partial charge in [0, 0.05) is 31.4 Å². The number of hydrogen-bond acceptors (Lipinski definition) is 5. The molecule has 1 fully saturated rings. The van der Waals surface area contributed by atoms with Crippen molar-refractivity contribution in [3.05, 3.63) is 59.4 Å². The monoisotopic (exact) mass is 443 g/mol. The molecule has 0 saturated carbocycles. The third-order valence-corrected chi connectivity index (χ3v) is 6.05. The fraction of sp³-hybridized carbons (Fsp3) is 0.346. The molecule has 1 aliphatic rings. The second-order valence-electron chi connectivity index (χ2n) is 8.36. The number of benzene rings is 1. The molecule has 3 heterocycles. The summed E-state index contributed by atoms with van der Waals surface area (Å²) in [5, 5.41) is 15.1. The number of terminal acetylenes is 1. The Morgan fingerprint density at radius 3 is 2.67 bits per heavy atom. The number of rotatable bonds is 5. The van der Waals surface area contributed by atoms with Gasteiger partial charge in [0.05, 0.1) is 17.3 Å². The van der Waals surface area contributed by atoms with E-state index < -0.39 is 0 Å². The van der Waals surface area contributed by atoms with Crippen LogP contribution in [0.25, 0.3) is 16.9 Å². The van der Waals surface area contributed by atoms with Crippen molar-refractivity contribution < 1.29 is 9.90 Å². The standard InChI is InChI=1S/C26H29N5O2/c1-4-11-29-12-6-13-30(15-14-29)25(32)21-8-10-24(27-17-21)31-26(33)23(18-28-31)22-9-7-20(5-2)16-19(22)3/h2,7-10,16-18,33H,4,6,11-15H2,1,3H3. The first-order chi connectivity index (χ1) is 16.0. The molecule has 0 spiro atoms. The average molecular weight is 444 g/mol. The summed E-state index contributed by atoms with van der Waals surface area (Å²) in [4.78, 5) is 21.7. The fourth-order valence-corrected chi connectivity index (χ4v) is 4.29. The van der Waals surface area contributed by atoms with E-state index in [1.54, 1.807) is 24.5 Å². The van der Waals surface area contributed by atoms with Crippen molar-refractivity contribution in [2.75, 3.05) is 32.7 Å². The molecule has 1 amide bonds. The maximum Gasteiger partial charge on any atom is 0.255 e. The van der Waals surface area contributed by atoms with Crippen LogP contribution in [0.4, 0.5) is 0 Å². The van der Waals surface area contributed by atoms with Crippen LogP contribution in [0.15, 0.2) is 42.7 Å². The van der Waals surface area contributed by atoms with Gasteiger partial charge in [0.15, 0.2) is 5.82 Å². The highest BCUT2D eigenvalue weighted by Crippen LogP contribution is 2.33. The summed E-state index contributed by atoms with van der Waals surface area (Å²) in [7, 11) is 0. The SMILES string of the molecule is C#Cc1ccc(-c2cnn(-c3ccc(C(=O)N4CCCN(CCC)CC4)cn3)c2O)c(C)c1. The number of aryl methyl sites for hydroxylation is 1. The maximum absolute atomic E-state index is 13.0. The highest BCUT2D eigenvalue weighted by atomic mass is 16.3. The summed E-state index contributed by atoms with van der Waals surface area (Å²) >= 11 is 0. The smallest absolute Gasteiger partial charge is 0.255 e. The van der Waals surface area contributed by atoms with E-state index >= 15 is 0 Å². The quantitative estimate of drug-likeness (QED) is 0.611. The molecule has 0 bridgehead atoms. The molecule has 33 heavy (non-hydrogen) atoms. The first-order valence-corrected chi connectivity index (χ1v) is 11.3. The Kier molecular flexibility index (Phi) is 6.76. The number of aromatic hydroxyl groups is 1. The Morgan fingerprint density at radius 2 is 1.97 bits per heavy atom. The summed E-state index contributed by atoms with van der Waals surface area (Å²) in [5.74, 6) is 3.03. The van der Waals surface area contributed by atoms with Crippen molar-refractivity contribution in [3.8, 4) is 35.2 Å². The first kappa shape index (κ1) is 22.6. The minimum absolute atomic E-state index is 0.0120. The van der Waals surface area contributed by atoms with Crippen molar-refractivity contribution in [3.63, 3.8) is 0 Å². The molecule has 1 N–H and O–H groups in total. The lowest BCUT2D eigenvalue weighted by atomic mass is 10.0. The highest BCUT2D eigenvalue weighted by Gasteiger charge is 2.21. The predicted octanol–water partition coefficient (Wildman–Crippen LogP) is 3.49. The van der Waals surface area contributed by atoms with Gasteiger partial charge in [0.1, 0.15) is 0 Å². The largest absolute Gasteiger partial charge is 0.493 e. The van der Waals surface area contributed by atoms with Crippen LogP contribution in [0.5, 0.6) is 5.88 Å². The molecule has 0 unspecified atom stereocenters. The topological polar surface area (TPSA) is 74.5 Å². The molecule has 2 aromatic heterocycles. The lowest BCUT2D eigenvalue weighted by molar-refractivity contribution is 0.0761. The zero-order valence-corrected chi connectivity index (χ0v) is 19.2. The number of carbonyl (C=O) groups excluding carboxylic acids is 1. The number of pyridine rings is 1. The fourth-order valence-electron chi connectivity index (χ4n) is 4.29. The summed E-state index contributed by atoms with van der Waals surface area (Å²) in [6, 6.07) is 9.06. The van der Waals surface area contributed by atoms with E-state index in [1.165, 1.54) is 4.68 Å². The second kappa shape index (κ2) is 9.88. The molecular weight excluding hydrogens is 414 g/mol.